The molecule has 0 aromatic rings. The van der Waals surface area contributed by atoms with E-state index in [1.54, 1.807) is 0 Å². The molecule has 7 nitrogen and oxygen atoms in total. The summed E-state index contributed by atoms with van der Waals surface area (Å²) in [6, 6.07) is 0. The molecule has 0 aliphatic heterocycles. The van der Waals surface area contributed by atoms with Gasteiger partial charge in [-0.3, -0.25) is 4.55 Å². The summed E-state index contributed by atoms with van der Waals surface area (Å²) < 4.78 is 41.7. The van der Waals surface area contributed by atoms with Crippen molar-refractivity contribution in [2.45, 2.75) is 90.9 Å². The van der Waals surface area contributed by atoms with E-state index in [0.717, 1.165) is 57.8 Å². The van der Waals surface area contributed by atoms with E-state index >= 15 is 0 Å². The van der Waals surface area contributed by atoms with Crippen molar-refractivity contribution in [3.05, 3.63) is 11.0 Å². The Labute approximate surface area is 169 Å². The molecule has 0 unspecified atom stereocenters. The van der Waals surface area contributed by atoms with Crippen LogP contribution in [0.3, 0.4) is 0 Å². The number of carbonyl (C=O) groups excluding carboxylic acids is 2. The van der Waals surface area contributed by atoms with Gasteiger partial charge in [0.05, 0.1) is 19.3 Å². The monoisotopic (exact) mass is 420 g/mol. The molecule has 0 saturated carbocycles. The number of hydrogen-bond donors (Lipinski definition) is 1. The first-order valence-electron chi connectivity index (χ1n) is 10.4. The standard InChI is InChI=1S/C20H36O7S/c1-3-5-7-9-11-13-15-26-19(21)17-18(28(23,24)25)20(22)27-16-14-12-10-8-6-4-2/h17H,3-16H2,1-2H3,(H,23,24,25)/b18-17+. The first-order chi connectivity index (χ1) is 13.3. The largest absolute Gasteiger partial charge is 0.462 e. The van der Waals surface area contributed by atoms with Crippen LogP contribution in [0.2, 0.25) is 0 Å². The van der Waals surface area contributed by atoms with Crippen LogP contribution in [0.4, 0.5) is 0 Å². The van der Waals surface area contributed by atoms with Crippen LogP contribution in [0.25, 0.3) is 0 Å². The lowest BCUT2D eigenvalue weighted by Gasteiger charge is -2.07. The van der Waals surface area contributed by atoms with Crippen molar-refractivity contribution in [2.75, 3.05) is 13.2 Å². The molecule has 0 spiro atoms. The molecule has 0 aromatic heterocycles. The summed E-state index contributed by atoms with van der Waals surface area (Å²) in [5.41, 5.74) is 0. The molecule has 0 rings (SSSR count). The minimum Gasteiger partial charge on any atom is -0.462 e. The highest BCUT2D eigenvalue weighted by Gasteiger charge is 2.26. The fourth-order valence-corrected chi connectivity index (χ4v) is 3.08. The van der Waals surface area contributed by atoms with Gasteiger partial charge in [0.15, 0.2) is 4.91 Å². The number of carbonyl (C=O) groups is 2. The second kappa shape index (κ2) is 16.5. The zero-order valence-corrected chi connectivity index (χ0v) is 18.1. The third kappa shape index (κ3) is 14.6. The van der Waals surface area contributed by atoms with Crippen LogP contribution in [-0.2, 0) is 29.2 Å². The van der Waals surface area contributed by atoms with Gasteiger partial charge in [-0.2, -0.15) is 8.42 Å². The molecule has 0 amide bonds. The van der Waals surface area contributed by atoms with Crippen molar-refractivity contribution >= 4 is 22.1 Å². The quantitative estimate of drug-likeness (QED) is 0.159. The van der Waals surface area contributed by atoms with Gasteiger partial charge in [0, 0.05) is 0 Å². The van der Waals surface area contributed by atoms with Crippen molar-refractivity contribution in [1.29, 1.82) is 0 Å². The van der Waals surface area contributed by atoms with E-state index in [2.05, 4.69) is 13.8 Å². The Bertz CT molecular complexity index is 567. The van der Waals surface area contributed by atoms with Gasteiger partial charge in [0.1, 0.15) is 0 Å². The molecule has 0 saturated heterocycles. The Hall–Kier alpha value is -1.41. The van der Waals surface area contributed by atoms with Crippen LogP contribution in [0.5, 0.6) is 0 Å². The lowest BCUT2D eigenvalue weighted by atomic mass is 10.1. The maximum atomic E-state index is 11.9. The summed E-state index contributed by atoms with van der Waals surface area (Å²) in [5, 5.41) is 0. The number of hydrogen-bond acceptors (Lipinski definition) is 6. The molecule has 0 aromatic carbocycles. The fourth-order valence-electron chi connectivity index (χ4n) is 2.56. The lowest BCUT2D eigenvalue weighted by molar-refractivity contribution is -0.141. The Kier molecular flexibility index (Phi) is 15.7. The van der Waals surface area contributed by atoms with Gasteiger partial charge in [-0.1, -0.05) is 78.1 Å². The second-order valence-electron chi connectivity index (χ2n) is 6.82. The van der Waals surface area contributed by atoms with Gasteiger partial charge in [0.2, 0.25) is 0 Å². The van der Waals surface area contributed by atoms with Crippen LogP contribution in [0.1, 0.15) is 90.9 Å². The summed E-state index contributed by atoms with van der Waals surface area (Å²) in [4.78, 5) is 22.5. The molecule has 0 heterocycles. The van der Waals surface area contributed by atoms with Gasteiger partial charge in [-0.05, 0) is 12.8 Å². The molecule has 1 N–H and O–H groups in total. The topological polar surface area (TPSA) is 107 Å². The number of rotatable bonds is 17. The highest BCUT2D eigenvalue weighted by Crippen LogP contribution is 2.10. The van der Waals surface area contributed by atoms with Crippen molar-refractivity contribution in [1.82, 2.24) is 0 Å². The Balaban J connectivity index is 4.33. The van der Waals surface area contributed by atoms with E-state index in [9.17, 15) is 22.6 Å². The number of ether oxygens (including phenoxy) is 2. The average molecular weight is 421 g/mol. The molecular weight excluding hydrogens is 384 g/mol. The molecule has 0 atom stereocenters. The van der Waals surface area contributed by atoms with E-state index in [-0.39, 0.29) is 13.2 Å². The minimum atomic E-state index is -4.87. The van der Waals surface area contributed by atoms with Gasteiger partial charge >= 0.3 is 22.1 Å². The summed E-state index contributed by atoms with van der Waals surface area (Å²) >= 11 is 0. The first kappa shape index (κ1) is 26.6. The SMILES string of the molecule is CCCCCCCCOC(=O)/C=C(\C(=O)OCCCCCCCC)S(=O)(=O)O. The predicted molar refractivity (Wildman–Crippen MR) is 108 cm³/mol. The van der Waals surface area contributed by atoms with E-state index in [1.165, 1.54) is 6.42 Å². The smallest absolute Gasteiger partial charge is 0.352 e. The Morgan fingerprint density at radius 2 is 1.18 bits per heavy atom. The highest BCUT2D eigenvalue weighted by molar-refractivity contribution is 7.90. The van der Waals surface area contributed by atoms with Crippen LogP contribution in [0, 0.1) is 0 Å². The fraction of sp³-hybridized carbons (Fsp3) is 0.800. The maximum absolute atomic E-state index is 11.9. The van der Waals surface area contributed by atoms with Crippen LogP contribution < -0.4 is 0 Å². The normalized spacial score (nSPS) is 12.0. The van der Waals surface area contributed by atoms with Crippen molar-refractivity contribution < 1.29 is 32.0 Å². The van der Waals surface area contributed by atoms with Crippen molar-refractivity contribution in [3.63, 3.8) is 0 Å². The summed E-state index contributed by atoms with van der Waals surface area (Å²) in [7, 11) is -4.87. The minimum absolute atomic E-state index is 0.0324. The maximum Gasteiger partial charge on any atom is 0.352 e. The van der Waals surface area contributed by atoms with Gasteiger partial charge in [0.25, 0.3) is 0 Å². The molecule has 164 valence electrons. The summed E-state index contributed by atoms with van der Waals surface area (Å²) in [6.07, 6.45) is 12.4. The molecule has 28 heavy (non-hydrogen) atoms. The average Bonchev–Trinajstić information content (AvgIpc) is 2.63. The summed E-state index contributed by atoms with van der Waals surface area (Å²) in [6.45, 7) is 4.40. The summed E-state index contributed by atoms with van der Waals surface area (Å²) in [5.74, 6) is -2.23. The van der Waals surface area contributed by atoms with E-state index in [4.69, 9.17) is 9.47 Å². The third-order valence-electron chi connectivity index (χ3n) is 4.20. The predicted octanol–water partition coefficient (Wildman–Crippen LogP) is 4.57. The highest BCUT2D eigenvalue weighted by atomic mass is 32.2. The molecule has 0 radical (unpaired) electrons. The van der Waals surface area contributed by atoms with Crippen LogP contribution in [-0.4, -0.2) is 38.1 Å². The molecule has 8 heteroatoms. The van der Waals surface area contributed by atoms with Gasteiger partial charge < -0.3 is 9.47 Å². The van der Waals surface area contributed by atoms with E-state index < -0.39 is 27.0 Å². The van der Waals surface area contributed by atoms with Crippen molar-refractivity contribution in [3.8, 4) is 0 Å². The molecular formula is C20H36O7S. The number of unbranched alkanes of at least 4 members (excludes halogenated alkanes) is 10. The lowest BCUT2D eigenvalue weighted by Crippen LogP contribution is -2.18. The van der Waals surface area contributed by atoms with Crippen LogP contribution >= 0.6 is 0 Å². The van der Waals surface area contributed by atoms with Crippen molar-refractivity contribution in [2.24, 2.45) is 0 Å². The van der Waals surface area contributed by atoms with Gasteiger partial charge in [-0.25, -0.2) is 9.59 Å². The molecule has 0 bridgehead atoms. The molecule has 0 fully saturated rings. The zero-order valence-electron chi connectivity index (χ0n) is 17.3. The van der Waals surface area contributed by atoms with E-state index in [0.29, 0.717) is 18.9 Å². The first-order valence-corrected chi connectivity index (χ1v) is 11.8. The Morgan fingerprint density at radius 3 is 1.64 bits per heavy atom. The van der Waals surface area contributed by atoms with Crippen LogP contribution in [0.15, 0.2) is 11.0 Å². The zero-order chi connectivity index (χ0) is 21.3. The second-order valence-corrected chi connectivity index (χ2v) is 8.21. The Morgan fingerprint density at radius 1 is 0.750 bits per heavy atom. The van der Waals surface area contributed by atoms with E-state index in [1.807, 2.05) is 0 Å². The molecule has 0 aliphatic rings. The third-order valence-corrected chi connectivity index (χ3v) is 5.04. The van der Waals surface area contributed by atoms with Gasteiger partial charge in [-0.15, -0.1) is 0 Å². The number of esters is 2. The molecule has 0 aliphatic carbocycles.